The van der Waals surface area contributed by atoms with Crippen LogP contribution in [0.15, 0.2) is 37.0 Å². The van der Waals surface area contributed by atoms with Gasteiger partial charge in [0, 0.05) is 13.1 Å². The molecular formula is C9H15NO. The molecule has 0 radical (unpaired) electrons. The number of allylic oxidation sites excluding steroid dienone is 2. The molecule has 2 heteroatoms. The largest absolute Gasteiger partial charge is 0.395 e. The van der Waals surface area contributed by atoms with Crippen molar-refractivity contribution in [3.05, 3.63) is 37.0 Å². The fraction of sp³-hybridized carbons (Fsp3) is 0.333. The van der Waals surface area contributed by atoms with Crippen LogP contribution in [0, 0.1) is 0 Å². The van der Waals surface area contributed by atoms with Gasteiger partial charge < -0.3 is 10.4 Å². The molecule has 0 saturated heterocycles. The van der Waals surface area contributed by atoms with Crippen LogP contribution in [0.5, 0.6) is 0 Å². The summed E-state index contributed by atoms with van der Waals surface area (Å²) in [5, 5.41) is 11.5. The van der Waals surface area contributed by atoms with E-state index >= 15 is 0 Å². The first-order valence-corrected chi connectivity index (χ1v) is 3.60. The van der Waals surface area contributed by atoms with Crippen LogP contribution in [-0.2, 0) is 0 Å². The number of hydrogen-bond acceptors (Lipinski definition) is 2. The highest BCUT2D eigenvalue weighted by molar-refractivity contribution is 5.22. The van der Waals surface area contributed by atoms with Gasteiger partial charge in [0.05, 0.1) is 6.61 Å². The standard InChI is InChI=1S/C9H15NO/c1-3-5-9(4-2)8-10-6-7-11/h3-5,10-11H,1-2,6-8H2. The van der Waals surface area contributed by atoms with Crippen LogP contribution in [0.4, 0.5) is 0 Å². The first-order valence-electron chi connectivity index (χ1n) is 3.60. The summed E-state index contributed by atoms with van der Waals surface area (Å²) in [5.41, 5.74) is 1.08. The van der Waals surface area contributed by atoms with Gasteiger partial charge in [0.2, 0.25) is 0 Å². The van der Waals surface area contributed by atoms with Crippen LogP contribution < -0.4 is 5.32 Å². The third kappa shape index (κ3) is 5.58. The maximum atomic E-state index is 8.45. The second-order valence-electron chi connectivity index (χ2n) is 2.08. The van der Waals surface area contributed by atoms with E-state index < -0.39 is 0 Å². The summed E-state index contributed by atoms with van der Waals surface area (Å²) in [6.45, 7) is 8.73. The fourth-order valence-electron chi connectivity index (χ4n) is 0.662. The van der Waals surface area contributed by atoms with Crippen LogP contribution in [0.1, 0.15) is 0 Å². The summed E-state index contributed by atoms with van der Waals surface area (Å²) in [7, 11) is 0. The van der Waals surface area contributed by atoms with Crippen LogP contribution in [0.2, 0.25) is 0 Å². The minimum atomic E-state index is 0.165. The summed E-state index contributed by atoms with van der Waals surface area (Å²) in [6.07, 6.45) is 5.38. The molecule has 0 aromatic carbocycles. The van der Waals surface area contributed by atoms with E-state index in [0.717, 1.165) is 12.1 Å². The van der Waals surface area contributed by atoms with Gasteiger partial charge in [-0.2, -0.15) is 0 Å². The molecule has 62 valence electrons. The minimum Gasteiger partial charge on any atom is -0.395 e. The van der Waals surface area contributed by atoms with E-state index in [2.05, 4.69) is 18.5 Å². The predicted octanol–water partition coefficient (Wildman–Crippen LogP) is 0.867. The van der Waals surface area contributed by atoms with Gasteiger partial charge in [-0.3, -0.25) is 0 Å². The van der Waals surface area contributed by atoms with Gasteiger partial charge in [0.15, 0.2) is 0 Å². The van der Waals surface area contributed by atoms with Crippen molar-refractivity contribution >= 4 is 0 Å². The lowest BCUT2D eigenvalue weighted by molar-refractivity contribution is 0.294. The Bertz CT molecular complexity index is 150. The van der Waals surface area contributed by atoms with Gasteiger partial charge in [-0.15, -0.1) is 0 Å². The summed E-state index contributed by atoms with van der Waals surface area (Å²) in [5.74, 6) is 0. The zero-order valence-corrected chi connectivity index (χ0v) is 6.71. The molecule has 2 N–H and O–H groups in total. The predicted molar refractivity (Wildman–Crippen MR) is 48.4 cm³/mol. The lowest BCUT2D eigenvalue weighted by atomic mass is 10.2. The third-order valence-electron chi connectivity index (χ3n) is 1.21. The number of nitrogens with one attached hydrogen (secondary N) is 1. The summed E-state index contributed by atoms with van der Waals surface area (Å²) in [4.78, 5) is 0. The SMILES string of the molecule is C=CC=C(C=C)CNCCO. The van der Waals surface area contributed by atoms with E-state index in [9.17, 15) is 0 Å². The van der Waals surface area contributed by atoms with Crippen molar-refractivity contribution in [3.63, 3.8) is 0 Å². The molecule has 0 aliphatic heterocycles. The van der Waals surface area contributed by atoms with Crippen molar-refractivity contribution in [2.75, 3.05) is 19.7 Å². The Labute approximate surface area is 67.9 Å². The summed E-state index contributed by atoms with van der Waals surface area (Å²) in [6, 6.07) is 0. The third-order valence-corrected chi connectivity index (χ3v) is 1.21. The lowest BCUT2D eigenvalue weighted by Crippen LogP contribution is -2.20. The van der Waals surface area contributed by atoms with E-state index in [1.54, 1.807) is 12.2 Å². The molecular weight excluding hydrogens is 138 g/mol. The Kier molecular flexibility index (Phi) is 6.68. The summed E-state index contributed by atoms with van der Waals surface area (Å²) < 4.78 is 0. The van der Waals surface area contributed by atoms with E-state index in [4.69, 9.17) is 5.11 Å². The normalized spacial score (nSPS) is 11.2. The van der Waals surface area contributed by atoms with E-state index in [1.807, 2.05) is 6.08 Å². The molecule has 0 fully saturated rings. The van der Waals surface area contributed by atoms with Crippen molar-refractivity contribution in [2.45, 2.75) is 0 Å². The second-order valence-corrected chi connectivity index (χ2v) is 2.08. The highest BCUT2D eigenvalue weighted by Gasteiger charge is 1.87. The minimum absolute atomic E-state index is 0.165. The van der Waals surface area contributed by atoms with Gasteiger partial charge in [0.1, 0.15) is 0 Å². The average molecular weight is 153 g/mol. The molecule has 2 nitrogen and oxygen atoms in total. The first-order chi connectivity index (χ1) is 5.35. The Balaban J connectivity index is 3.60. The van der Waals surface area contributed by atoms with Gasteiger partial charge in [-0.25, -0.2) is 0 Å². The van der Waals surface area contributed by atoms with Gasteiger partial charge in [0.25, 0.3) is 0 Å². The van der Waals surface area contributed by atoms with Crippen molar-refractivity contribution in [2.24, 2.45) is 0 Å². The molecule has 0 rings (SSSR count). The van der Waals surface area contributed by atoms with Crippen LogP contribution in [0.25, 0.3) is 0 Å². The van der Waals surface area contributed by atoms with Gasteiger partial charge in [-0.05, 0) is 5.57 Å². The van der Waals surface area contributed by atoms with E-state index in [1.165, 1.54) is 0 Å². The lowest BCUT2D eigenvalue weighted by Gasteiger charge is -2.01. The molecule has 11 heavy (non-hydrogen) atoms. The fourth-order valence-corrected chi connectivity index (χ4v) is 0.662. The molecule has 0 bridgehead atoms. The van der Waals surface area contributed by atoms with E-state index in [-0.39, 0.29) is 6.61 Å². The highest BCUT2D eigenvalue weighted by atomic mass is 16.3. The topological polar surface area (TPSA) is 32.3 Å². The zero-order chi connectivity index (χ0) is 8.53. The van der Waals surface area contributed by atoms with E-state index in [0.29, 0.717) is 6.54 Å². The van der Waals surface area contributed by atoms with Crippen LogP contribution >= 0.6 is 0 Å². The van der Waals surface area contributed by atoms with Crippen LogP contribution in [-0.4, -0.2) is 24.8 Å². The molecule has 0 amide bonds. The highest BCUT2D eigenvalue weighted by Crippen LogP contribution is 1.92. The van der Waals surface area contributed by atoms with Gasteiger partial charge >= 0.3 is 0 Å². The molecule has 0 heterocycles. The Morgan fingerprint density at radius 3 is 2.64 bits per heavy atom. The van der Waals surface area contributed by atoms with Crippen molar-refractivity contribution in [1.82, 2.24) is 5.32 Å². The molecule has 0 aliphatic rings. The maximum Gasteiger partial charge on any atom is 0.0556 e. The number of aliphatic hydroxyl groups excluding tert-OH is 1. The zero-order valence-electron chi connectivity index (χ0n) is 6.71. The van der Waals surface area contributed by atoms with Crippen molar-refractivity contribution < 1.29 is 5.11 Å². The smallest absolute Gasteiger partial charge is 0.0556 e. The molecule has 0 aromatic heterocycles. The Morgan fingerprint density at radius 2 is 2.18 bits per heavy atom. The molecule has 0 spiro atoms. The molecule has 0 aliphatic carbocycles. The monoisotopic (exact) mass is 153 g/mol. The first kappa shape index (κ1) is 10.1. The van der Waals surface area contributed by atoms with Crippen LogP contribution in [0.3, 0.4) is 0 Å². The van der Waals surface area contributed by atoms with Crippen molar-refractivity contribution in [1.29, 1.82) is 0 Å². The molecule has 0 atom stereocenters. The average Bonchev–Trinajstić information content (AvgIpc) is 2.03. The number of rotatable bonds is 6. The number of hydrogen-bond donors (Lipinski definition) is 2. The van der Waals surface area contributed by atoms with Crippen molar-refractivity contribution in [3.8, 4) is 0 Å². The maximum absolute atomic E-state index is 8.45. The second kappa shape index (κ2) is 7.25. The summed E-state index contributed by atoms with van der Waals surface area (Å²) >= 11 is 0. The van der Waals surface area contributed by atoms with Gasteiger partial charge in [-0.1, -0.05) is 31.4 Å². The molecule has 0 saturated carbocycles. The quantitative estimate of drug-likeness (QED) is 0.438. The molecule has 0 aromatic rings. The Morgan fingerprint density at radius 1 is 1.45 bits per heavy atom. The molecule has 0 unspecified atom stereocenters. The number of aliphatic hydroxyl groups is 1. The Hall–Kier alpha value is -0.860.